The summed E-state index contributed by atoms with van der Waals surface area (Å²) < 4.78 is 0. The van der Waals surface area contributed by atoms with E-state index < -0.39 is 23.3 Å². The summed E-state index contributed by atoms with van der Waals surface area (Å²) in [7, 11) is 1.54. The predicted octanol–water partition coefficient (Wildman–Crippen LogP) is 6.23. The van der Waals surface area contributed by atoms with Crippen LogP contribution in [0.3, 0.4) is 0 Å². The number of likely N-dealkylation sites (N-methyl/N-ethyl adjacent to an activating group) is 1. The van der Waals surface area contributed by atoms with Crippen molar-refractivity contribution in [3.05, 3.63) is 0 Å². The summed E-state index contributed by atoms with van der Waals surface area (Å²) in [5, 5.41) is 14.6. The molecule has 0 fully saturated rings. The van der Waals surface area contributed by atoms with Gasteiger partial charge in [0.2, 0.25) is 11.8 Å². The van der Waals surface area contributed by atoms with E-state index in [1.165, 1.54) is 77.7 Å². The van der Waals surface area contributed by atoms with Gasteiger partial charge in [0.05, 0.1) is 6.42 Å². The van der Waals surface area contributed by atoms with Gasteiger partial charge in [-0.05, 0) is 11.8 Å². The minimum atomic E-state index is -0.979. The summed E-state index contributed by atoms with van der Waals surface area (Å²) in [6, 6.07) is -0.692. The number of aliphatic carboxylic acids is 1. The fraction of sp³-hybridized carbons (Fsp3) is 0.889. The molecule has 0 rings (SSSR count). The van der Waals surface area contributed by atoms with Crippen LogP contribution in [-0.2, 0) is 14.4 Å². The third-order valence-corrected chi connectivity index (χ3v) is 6.36. The van der Waals surface area contributed by atoms with Crippen LogP contribution in [0.1, 0.15) is 130 Å². The first-order valence-corrected chi connectivity index (χ1v) is 13.4. The topological polar surface area (TPSA) is 95.5 Å². The second-order valence-electron chi connectivity index (χ2n) is 10.6. The zero-order valence-corrected chi connectivity index (χ0v) is 22.1. The van der Waals surface area contributed by atoms with Gasteiger partial charge in [-0.15, -0.1) is 0 Å². The summed E-state index contributed by atoms with van der Waals surface area (Å²) in [5.41, 5.74) is -0.460. The van der Waals surface area contributed by atoms with Gasteiger partial charge in [0.25, 0.3) is 0 Å². The molecule has 0 saturated heterocycles. The number of rotatable bonds is 20. The smallest absolute Gasteiger partial charge is 0.304 e. The predicted molar refractivity (Wildman–Crippen MR) is 136 cm³/mol. The van der Waals surface area contributed by atoms with Gasteiger partial charge in [-0.3, -0.25) is 14.4 Å². The molecule has 0 radical (unpaired) electrons. The molecule has 6 nitrogen and oxygen atoms in total. The van der Waals surface area contributed by atoms with Crippen molar-refractivity contribution in [2.24, 2.45) is 11.3 Å². The average molecular weight is 469 g/mol. The number of carboxylic acids is 1. The maximum absolute atomic E-state index is 12.8. The third kappa shape index (κ3) is 16.6. The molecular formula is C27H52N2O4. The number of hydrogen-bond acceptors (Lipinski definition) is 3. The summed E-state index contributed by atoms with van der Waals surface area (Å²) in [4.78, 5) is 36.2. The molecule has 0 aromatic heterocycles. The van der Waals surface area contributed by atoms with E-state index in [-0.39, 0.29) is 18.2 Å². The van der Waals surface area contributed by atoms with E-state index in [1.54, 1.807) is 0 Å². The Morgan fingerprint density at radius 3 is 1.52 bits per heavy atom. The molecule has 6 heteroatoms. The molecule has 33 heavy (non-hydrogen) atoms. The van der Waals surface area contributed by atoms with Crippen molar-refractivity contribution in [2.45, 2.75) is 136 Å². The number of carbonyl (C=O) groups is 3. The molecule has 0 aromatic rings. The van der Waals surface area contributed by atoms with Gasteiger partial charge in [-0.2, -0.15) is 0 Å². The Balaban J connectivity index is 4.14. The summed E-state index contributed by atoms with van der Waals surface area (Å²) >= 11 is 0. The van der Waals surface area contributed by atoms with Gasteiger partial charge in [-0.1, -0.05) is 118 Å². The van der Waals surface area contributed by atoms with Crippen LogP contribution in [-0.4, -0.2) is 36.0 Å². The lowest BCUT2D eigenvalue weighted by molar-refractivity contribution is -0.142. The van der Waals surface area contributed by atoms with E-state index in [4.69, 9.17) is 0 Å². The van der Waals surface area contributed by atoms with Crippen molar-refractivity contribution in [3.63, 3.8) is 0 Å². The van der Waals surface area contributed by atoms with Crippen LogP contribution in [0.5, 0.6) is 0 Å². The van der Waals surface area contributed by atoms with E-state index >= 15 is 0 Å². The van der Waals surface area contributed by atoms with E-state index in [9.17, 15) is 19.5 Å². The highest BCUT2D eigenvalue weighted by Gasteiger charge is 2.34. The van der Waals surface area contributed by atoms with E-state index in [0.717, 1.165) is 19.3 Å². The van der Waals surface area contributed by atoms with Crippen molar-refractivity contribution < 1.29 is 19.5 Å². The molecular weight excluding hydrogens is 416 g/mol. The van der Waals surface area contributed by atoms with Crippen molar-refractivity contribution in [2.75, 3.05) is 7.05 Å². The molecule has 0 aliphatic carbocycles. The Morgan fingerprint density at radius 1 is 0.727 bits per heavy atom. The SMILES string of the molecule is CCCCCCCCCCCCCCCCC(CC(=O)O)C(=O)NC(C(=O)NC)C(C)(C)C. The van der Waals surface area contributed by atoms with Crippen molar-refractivity contribution >= 4 is 17.8 Å². The van der Waals surface area contributed by atoms with Crippen molar-refractivity contribution in [1.82, 2.24) is 10.6 Å². The van der Waals surface area contributed by atoms with Gasteiger partial charge in [-0.25, -0.2) is 0 Å². The Hall–Kier alpha value is -1.59. The summed E-state index contributed by atoms with van der Waals surface area (Å²) in [5.74, 6) is -2.18. The van der Waals surface area contributed by atoms with Crippen molar-refractivity contribution in [1.29, 1.82) is 0 Å². The first-order valence-electron chi connectivity index (χ1n) is 13.4. The van der Waals surface area contributed by atoms with Crippen LogP contribution in [0, 0.1) is 11.3 Å². The highest BCUT2D eigenvalue weighted by Crippen LogP contribution is 2.22. The van der Waals surface area contributed by atoms with Crippen LogP contribution in [0.15, 0.2) is 0 Å². The van der Waals surface area contributed by atoms with Gasteiger partial charge < -0.3 is 15.7 Å². The number of carbonyl (C=O) groups excluding carboxylic acids is 2. The molecule has 194 valence electrons. The Labute approximate surface area is 203 Å². The normalized spacial score (nSPS) is 13.4. The summed E-state index contributed by atoms with van der Waals surface area (Å²) in [6.45, 7) is 7.90. The van der Waals surface area contributed by atoms with Crippen LogP contribution in [0.2, 0.25) is 0 Å². The molecule has 2 atom stereocenters. The number of hydrogen-bond donors (Lipinski definition) is 3. The molecule has 0 spiro atoms. The number of amides is 2. The molecule has 0 aromatic carbocycles. The van der Waals surface area contributed by atoms with Crippen LogP contribution < -0.4 is 10.6 Å². The van der Waals surface area contributed by atoms with Crippen LogP contribution >= 0.6 is 0 Å². The lowest BCUT2D eigenvalue weighted by Crippen LogP contribution is -2.54. The number of unbranched alkanes of at least 4 members (excludes halogenated alkanes) is 13. The Bertz CT molecular complexity index is 543. The van der Waals surface area contributed by atoms with Gasteiger partial charge in [0, 0.05) is 13.0 Å². The number of carboxylic acid groups (broad SMARTS) is 1. The van der Waals surface area contributed by atoms with Crippen LogP contribution in [0.25, 0.3) is 0 Å². The average Bonchev–Trinajstić information content (AvgIpc) is 2.75. The van der Waals surface area contributed by atoms with Crippen molar-refractivity contribution in [3.8, 4) is 0 Å². The highest BCUT2D eigenvalue weighted by atomic mass is 16.4. The highest BCUT2D eigenvalue weighted by molar-refractivity contribution is 5.90. The molecule has 0 aliphatic heterocycles. The molecule has 3 N–H and O–H groups in total. The maximum atomic E-state index is 12.8. The Kier molecular flexibility index (Phi) is 17.9. The molecule has 2 amide bonds. The molecule has 0 saturated carbocycles. The number of nitrogens with one attached hydrogen (secondary N) is 2. The largest absolute Gasteiger partial charge is 0.481 e. The van der Waals surface area contributed by atoms with Gasteiger partial charge in [0.1, 0.15) is 6.04 Å². The van der Waals surface area contributed by atoms with E-state index in [0.29, 0.717) is 6.42 Å². The lowest BCUT2D eigenvalue weighted by Gasteiger charge is -2.31. The quantitative estimate of drug-likeness (QED) is 0.185. The molecule has 0 aliphatic rings. The minimum absolute atomic E-state index is 0.200. The second-order valence-corrected chi connectivity index (χ2v) is 10.6. The molecule has 2 unspecified atom stereocenters. The first kappa shape index (κ1) is 31.4. The first-order chi connectivity index (χ1) is 15.6. The van der Waals surface area contributed by atoms with Gasteiger partial charge >= 0.3 is 5.97 Å². The standard InChI is InChI=1S/C27H52N2O4/c1-6-7-8-9-10-11-12-13-14-15-16-17-18-19-20-22(21-23(30)31)25(32)29-24(26(33)28-5)27(2,3)4/h22,24H,6-21H2,1-5H3,(H,28,33)(H,29,32)(H,30,31). The minimum Gasteiger partial charge on any atom is -0.481 e. The summed E-state index contributed by atoms with van der Waals surface area (Å²) in [6.07, 6.45) is 18.0. The fourth-order valence-corrected chi connectivity index (χ4v) is 4.20. The zero-order valence-electron chi connectivity index (χ0n) is 22.1. The fourth-order valence-electron chi connectivity index (χ4n) is 4.20. The molecule has 0 bridgehead atoms. The lowest BCUT2D eigenvalue weighted by atomic mass is 9.85. The monoisotopic (exact) mass is 468 g/mol. The van der Waals surface area contributed by atoms with Crippen LogP contribution in [0.4, 0.5) is 0 Å². The van der Waals surface area contributed by atoms with E-state index in [1.807, 2.05) is 20.8 Å². The van der Waals surface area contributed by atoms with E-state index in [2.05, 4.69) is 17.6 Å². The maximum Gasteiger partial charge on any atom is 0.304 e. The second kappa shape index (κ2) is 18.8. The third-order valence-electron chi connectivity index (χ3n) is 6.36. The molecule has 0 heterocycles. The van der Waals surface area contributed by atoms with Gasteiger partial charge in [0.15, 0.2) is 0 Å². The Morgan fingerprint density at radius 2 is 1.15 bits per heavy atom. The zero-order chi connectivity index (χ0) is 25.1.